The van der Waals surface area contributed by atoms with Crippen molar-refractivity contribution in [2.75, 3.05) is 25.5 Å². The average molecular weight is 509 g/mol. The molecule has 0 unspecified atom stereocenters. The molecule has 2 N–H and O–H groups in total. The summed E-state index contributed by atoms with van der Waals surface area (Å²) >= 11 is 6.47. The van der Waals surface area contributed by atoms with E-state index in [1.807, 2.05) is 6.07 Å². The molecule has 0 radical (unpaired) electrons. The molecule has 186 valence electrons. The van der Waals surface area contributed by atoms with Crippen molar-refractivity contribution in [1.82, 2.24) is 14.9 Å². The average Bonchev–Trinajstić information content (AvgIpc) is 2.85. The van der Waals surface area contributed by atoms with Crippen molar-refractivity contribution in [3.63, 3.8) is 0 Å². The summed E-state index contributed by atoms with van der Waals surface area (Å²) in [5, 5.41) is 14.6. The summed E-state index contributed by atoms with van der Waals surface area (Å²) in [6.07, 6.45) is 3.28. The Kier molecular flexibility index (Phi) is 7.06. The van der Waals surface area contributed by atoms with Crippen LogP contribution in [-0.4, -0.2) is 46.2 Å². The maximum atomic E-state index is 13.4. The second-order valence-electron chi connectivity index (χ2n) is 8.87. The highest BCUT2D eigenvalue weighted by molar-refractivity contribution is 6.32. The Morgan fingerprint density at radius 2 is 1.92 bits per heavy atom. The first-order valence-electron chi connectivity index (χ1n) is 11.7. The number of phenols is 1. The van der Waals surface area contributed by atoms with Crippen molar-refractivity contribution in [1.29, 1.82) is 0 Å². The Labute approximate surface area is 213 Å². The molecule has 5 rings (SSSR count). The summed E-state index contributed by atoms with van der Waals surface area (Å²) in [6.45, 7) is 2.10. The Morgan fingerprint density at radius 3 is 2.69 bits per heavy atom. The van der Waals surface area contributed by atoms with E-state index in [1.165, 1.54) is 18.5 Å². The third-order valence-corrected chi connectivity index (χ3v) is 6.42. The van der Waals surface area contributed by atoms with Gasteiger partial charge in [0.05, 0.1) is 15.9 Å². The number of anilines is 2. The van der Waals surface area contributed by atoms with E-state index in [2.05, 4.69) is 27.2 Å². The van der Waals surface area contributed by atoms with Crippen LogP contribution < -0.4 is 14.8 Å². The van der Waals surface area contributed by atoms with Crippen molar-refractivity contribution < 1.29 is 19.0 Å². The zero-order chi connectivity index (χ0) is 25.1. The van der Waals surface area contributed by atoms with Crippen molar-refractivity contribution in [2.24, 2.45) is 0 Å². The molecule has 3 aromatic carbocycles. The molecular formula is C27H26ClFN4O3. The van der Waals surface area contributed by atoms with Crippen LogP contribution in [0.2, 0.25) is 5.02 Å². The van der Waals surface area contributed by atoms with Gasteiger partial charge in [-0.15, -0.1) is 0 Å². The molecule has 1 aliphatic heterocycles. The second-order valence-corrected chi connectivity index (χ2v) is 9.28. The number of ether oxygens (including phenoxy) is 2. The SMILES string of the molecule is CN1CCC(Oc2cc(O)cc3ncnc(Nc4ccc(OCc5cccc(F)c5)c(Cl)c4)c23)CC1. The lowest BCUT2D eigenvalue weighted by molar-refractivity contribution is 0.115. The molecule has 1 aromatic heterocycles. The number of rotatable bonds is 7. The number of hydrogen-bond acceptors (Lipinski definition) is 7. The van der Waals surface area contributed by atoms with Gasteiger partial charge in [-0.25, -0.2) is 14.4 Å². The number of hydrogen-bond donors (Lipinski definition) is 2. The first kappa shape index (κ1) is 24.1. The van der Waals surface area contributed by atoms with Gasteiger partial charge in [0.1, 0.15) is 47.9 Å². The summed E-state index contributed by atoms with van der Waals surface area (Å²) in [7, 11) is 2.10. The van der Waals surface area contributed by atoms with E-state index in [0.717, 1.165) is 25.9 Å². The number of fused-ring (bicyclic) bond motifs is 1. The molecule has 1 saturated heterocycles. The Morgan fingerprint density at radius 1 is 1.08 bits per heavy atom. The third kappa shape index (κ3) is 5.61. The number of piperidine rings is 1. The number of nitrogens with one attached hydrogen (secondary N) is 1. The highest BCUT2D eigenvalue weighted by Crippen LogP contribution is 2.37. The molecule has 0 bridgehead atoms. The number of aromatic nitrogens is 2. The van der Waals surface area contributed by atoms with Crippen LogP contribution in [0.25, 0.3) is 10.9 Å². The van der Waals surface area contributed by atoms with E-state index >= 15 is 0 Å². The highest BCUT2D eigenvalue weighted by Gasteiger charge is 2.21. The smallest absolute Gasteiger partial charge is 0.145 e. The van der Waals surface area contributed by atoms with Crippen LogP contribution >= 0.6 is 11.6 Å². The number of phenolic OH excluding ortho intramolecular Hbond substituents is 1. The molecule has 0 aliphatic carbocycles. The maximum absolute atomic E-state index is 13.4. The van der Waals surface area contributed by atoms with E-state index in [-0.39, 0.29) is 24.3 Å². The predicted octanol–water partition coefficient (Wildman–Crippen LogP) is 5.92. The van der Waals surface area contributed by atoms with Crippen LogP contribution in [0.5, 0.6) is 17.2 Å². The van der Waals surface area contributed by atoms with Gasteiger partial charge in [-0.3, -0.25) is 0 Å². The fraction of sp³-hybridized carbons (Fsp3) is 0.259. The molecular weight excluding hydrogens is 483 g/mol. The topological polar surface area (TPSA) is 79.7 Å². The standard InChI is InChI=1S/C27H26ClFN4O3/c1-33-9-7-21(8-10-33)36-25-14-20(34)13-23-26(25)27(31-16-30-23)32-19-5-6-24(22(28)12-19)35-15-17-3-2-4-18(29)11-17/h2-6,11-14,16,21,34H,7-10,15H2,1H3,(H,30,31,32). The van der Waals surface area contributed by atoms with Crippen molar-refractivity contribution in [3.8, 4) is 17.2 Å². The van der Waals surface area contributed by atoms with Crippen LogP contribution in [0, 0.1) is 5.82 Å². The fourth-order valence-electron chi connectivity index (χ4n) is 4.23. The summed E-state index contributed by atoms with van der Waals surface area (Å²) in [6, 6.07) is 14.7. The number of nitrogens with zero attached hydrogens (tertiary/aromatic N) is 3. The van der Waals surface area contributed by atoms with Crippen LogP contribution in [0.4, 0.5) is 15.9 Å². The molecule has 0 amide bonds. The summed E-state index contributed by atoms with van der Waals surface area (Å²) in [5.41, 5.74) is 1.97. The van der Waals surface area contributed by atoms with Gasteiger partial charge in [0.2, 0.25) is 0 Å². The van der Waals surface area contributed by atoms with Gasteiger partial charge < -0.3 is 24.8 Å². The first-order chi connectivity index (χ1) is 17.4. The van der Waals surface area contributed by atoms with Gasteiger partial charge in [-0.05, 0) is 55.8 Å². The predicted molar refractivity (Wildman–Crippen MR) is 138 cm³/mol. The normalized spacial score (nSPS) is 14.6. The third-order valence-electron chi connectivity index (χ3n) is 6.12. The zero-order valence-corrected chi connectivity index (χ0v) is 20.5. The number of benzene rings is 3. The molecule has 7 nitrogen and oxygen atoms in total. The Bertz CT molecular complexity index is 1380. The maximum Gasteiger partial charge on any atom is 0.145 e. The van der Waals surface area contributed by atoms with E-state index in [0.29, 0.717) is 44.5 Å². The number of halogens is 2. The molecule has 1 fully saturated rings. The fourth-order valence-corrected chi connectivity index (χ4v) is 4.47. The van der Waals surface area contributed by atoms with Gasteiger partial charge >= 0.3 is 0 Å². The Balaban J connectivity index is 1.37. The molecule has 9 heteroatoms. The minimum Gasteiger partial charge on any atom is -0.508 e. The Hall–Kier alpha value is -3.62. The van der Waals surface area contributed by atoms with Crippen LogP contribution in [0.1, 0.15) is 18.4 Å². The van der Waals surface area contributed by atoms with E-state index in [4.69, 9.17) is 21.1 Å². The van der Waals surface area contributed by atoms with Gasteiger partial charge in [0.25, 0.3) is 0 Å². The first-order valence-corrected chi connectivity index (χ1v) is 12.1. The quantitative estimate of drug-likeness (QED) is 0.320. The minimum atomic E-state index is -0.314. The molecule has 36 heavy (non-hydrogen) atoms. The molecule has 0 spiro atoms. The van der Waals surface area contributed by atoms with Crippen molar-refractivity contribution in [3.05, 3.63) is 77.3 Å². The van der Waals surface area contributed by atoms with Crippen molar-refractivity contribution >= 4 is 34.0 Å². The summed E-state index contributed by atoms with van der Waals surface area (Å²) in [5.74, 6) is 1.32. The molecule has 1 aliphatic rings. The van der Waals surface area contributed by atoms with Crippen LogP contribution in [0.3, 0.4) is 0 Å². The molecule has 2 heterocycles. The highest BCUT2D eigenvalue weighted by atomic mass is 35.5. The lowest BCUT2D eigenvalue weighted by atomic mass is 10.1. The monoisotopic (exact) mass is 508 g/mol. The zero-order valence-electron chi connectivity index (χ0n) is 19.7. The lowest BCUT2D eigenvalue weighted by Gasteiger charge is -2.29. The van der Waals surface area contributed by atoms with E-state index < -0.39 is 0 Å². The second kappa shape index (κ2) is 10.6. The van der Waals surface area contributed by atoms with Gasteiger partial charge in [0, 0.05) is 30.9 Å². The van der Waals surface area contributed by atoms with Crippen molar-refractivity contribution in [2.45, 2.75) is 25.6 Å². The number of likely N-dealkylation sites (tertiary alicyclic amines) is 1. The summed E-state index contributed by atoms with van der Waals surface area (Å²) < 4.78 is 25.5. The molecule has 4 aromatic rings. The van der Waals surface area contributed by atoms with Gasteiger partial charge in [0.15, 0.2) is 0 Å². The largest absolute Gasteiger partial charge is 0.508 e. The lowest BCUT2D eigenvalue weighted by Crippen LogP contribution is -2.35. The van der Waals surface area contributed by atoms with Crippen LogP contribution in [-0.2, 0) is 6.61 Å². The molecule has 0 atom stereocenters. The van der Waals surface area contributed by atoms with E-state index in [1.54, 1.807) is 36.4 Å². The summed E-state index contributed by atoms with van der Waals surface area (Å²) in [4.78, 5) is 11.0. The van der Waals surface area contributed by atoms with Gasteiger partial charge in [-0.1, -0.05) is 23.7 Å². The van der Waals surface area contributed by atoms with Gasteiger partial charge in [-0.2, -0.15) is 0 Å². The molecule has 0 saturated carbocycles. The minimum absolute atomic E-state index is 0.0447. The van der Waals surface area contributed by atoms with Crippen LogP contribution in [0.15, 0.2) is 60.9 Å². The van der Waals surface area contributed by atoms with E-state index in [9.17, 15) is 9.50 Å². The number of aromatic hydroxyl groups is 1.